The van der Waals surface area contributed by atoms with Gasteiger partial charge in [-0.05, 0) is 45.0 Å². The van der Waals surface area contributed by atoms with Crippen LogP contribution in [0.5, 0.6) is 5.75 Å². The molecule has 20 heavy (non-hydrogen) atoms. The fraction of sp³-hybridized carbons (Fsp3) is 0.533. The summed E-state index contributed by atoms with van der Waals surface area (Å²) < 4.78 is 5.65. The van der Waals surface area contributed by atoms with Crippen molar-refractivity contribution in [1.82, 2.24) is 4.90 Å². The van der Waals surface area contributed by atoms with Gasteiger partial charge in [-0.15, -0.1) is 0 Å². The van der Waals surface area contributed by atoms with Crippen molar-refractivity contribution in [2.75, 3.05) is 25.9 Å². The van der Waals surface area contributed by atoms with E-state index in [2.05, 4.69) is 11.9 Å². The lowest BCUT2D eigenvalue weighted by Crippen LogP contribution is -2.37. The number of carboxylic acids is 1. The van der Waals surface area contributed by atoms with Crippen LogP contribution in [-0.4, -0.2) is 42.2 Å². The maximum atomic E-state index is 11.1. The Hall–Kier alpha value is -1.75. The van der Waals surface area contributed by atoms with Gasteiger partial charge in [-0.1, -0.05) is 12.5 Å². The average Bonchev–Trinajstić information content (AvgIpc) is 2.42. The van der Waals surface area contributed by atoms with E-state index in [9.17, 15) is 4.79 Å². The minimum Gasteiger partial charge on any atom is -0.490 e. The van der Waals surface area contributed by atoms with E-state index in [1.807, 2.05) is 0 Å². The molecule has 1 unspecified atom stereocenters. The number of benzene rings is 1. The van der Waals surface area contributed by atoms with Crippen LogP contribution in [0.15, 0.2) is 18.2 Å². The summed E-state index contributed by atoms with van der Waals surface area (Å²) in [6.07, 6.45) is 4.57. The van der Waals surface area contributed by atoms with E-state index >= 15 is 0 Å². The van der Waals surface area contributed by atoms with Crippen molar-refractivity contribution in [3.8, 4) is 5.75 Å². The monoisotopic (exact) mass is 278 g/mol. The van der Waals surface area contributed by atoms with Crippen LogP contribution in [-0.2, 0) is 0 Å². The quantitative estimate of drug-likeness (QED) is 0.808. The molecule has 0 spiro atoms. The number of nitrogen functional groups attached to an aromatic ring is 1. The molecule has 1 fully saturated rings. The van der Waals surface area contributed by atoms with E-state index in [0.717, 1.165) is 13.0 Å². The Morgan fingerprint density at radius 3 is 3.00 bits per heavy atom. The van der Waals surface area contributed by atoms with Crippen LogP contribution in [0.1, 0.15) is 36.0 Å². The van der Waals surface area contributed by atoms with Crippen molar-refractivity contribution in [2.24, 2.45) is 0 Å². The van der Waals surface area contributed by atoms with E-state index in [1.54, 1.807) is 12.1 Å². The van der Waals surface area contributed by atoms with Gasteiger partial charge in [0.2, 0.25) is 0 Å². The van der Waals surface area contributed by atoms with Crippen LogP contribution in [0.4, 0.5) is 5.69 Å². The SMILES string of the molecule is CN1CCCCC1CCOc1c(N)cccc1C(=O)O. The number of anilines is 1. The Bertz CT molecular complexity index is 476. The second kappa shape index (κ2) is 6.61. The predicted molar refractivity (Wildman–Crippen MR) is 78.2 cm³/mol. The highest BCUT2D eigenvalue weighted by molar-refractivity contribution is 5.93. The number of piperidine rings is 1. The van der Waals surface area contributed by atoms with Gasteiger partial charge in [-0.2, -0.15) is 0 Å². The number of likely N-dealkylation sites (tertiary alicyclic amines) is 1. The van der Waals surface area contributed by atoms with Gasteiger partial charge in [0.05, 0.1) is 12.3 Å². The third-order valence-corrected chi connectivity index (χ3v) is 3.89. The molecule has 1 heterocycles. The van der Waals surface area contributed by atoms with Crippen LogP contribution < -0.4 is 10.5 Å². The fourth-order valence-corrected chi connectivity index (χ4v) is 2.69. The number of nitrogens with zero attached hydrogens (tertiary/aromatic N) is 1. The predicted octanol–water partition coefficient (Wildman–Crippen LogP) is 2.22. The summed E-state index contributed by atoms with van der Waals surface area (Å²) >= 11 is 0. The number of hydrogen-bond donors (Lipinski definition) is 2. The Kier molecular flexibility index (Phi) is 4.84. The van der Waals surface area contributed by atoms with Crippen molar-refractivity contribution < 1.29 is 14.6 Å². The fourth-order valence-electron chi connectivity index (χ4n) is 2.69. The Morgan fingerprint density at radius 2 is 2.30 bits per heavy atom. The van der Waals surface area contributed by atoms with Gasteiger partial charge in [0.25, 0.3) is 0 Å². The summed E-state index contributed by atoms with van der Waals surface area (Å²) in [5.41, 5.74) is 6.31. The lowest BCUT2D eigenvalue weighted by atomic mass is 10.0. The molecule has 0 aromatic heterocycles. The first-order valence-electron chi connectivity index (χ1n) is 7.04. The molecule has 1 aromatic rings. The molecule has 0 amide bonds. The van der Waals surface area contributed by atoms with Gasteiger partial charge >= 0.3 is 5.97 Å². The molecule has 0 bridgehead atoms. The largest absolute Gasteiger partial charge is 0.490 e. The average molecular weight is 278 g/mol. The summed E-state index contributed by atoms with van der Waals surface area (Å²) in [5.74, 6) is -0.722. The van der Waals surface area contributed by atoms with Gasteiger partial charge < -0.3 is 20.5 Å². The standard InChI is InChI=1S/C15H22N2O3/c1-17-9-3-2-5-11(17)8-10-20-14-12(15(18)19)6-4-7-13(14)16/h4,6-7,11H,2-3,5,8-10,16H2,1H3,(H,18,19). The maximum Gasteiger partial charge on any atom is 0.339 e. The maximum absolute atomic E-state index is 11.1. The van der Waals surface area contributed by atoms with Crippen LogP contribution in [0.25, 0.3) is 0 Å². The Balaban J connectivity index is 1.95. The minimum atomic E-state index is -1.01. The molecule has 0 saturated carbocycles. The van der Waals surface area contributed by atoms with Crippen LogP contribution in [0, 0.1) is 0 Å². The smallest absolute Gasteiger partial charge is 0.339 e. The minimum absolute atomic E-state index is 0.127. The number of aromatic carboxylic acids is 1. The molecule has 5 nitrogen and oxygen atoms in total. The van der Waals surface area contributed by atoms with Gasteiger partial charge in [0, 0.05) is 6.04 Å². The van der Waals surface area contributed by atoms with Crippen molar-refractivity contribution >= 4 is 11.7 Å². The van der Waals surface area contributed by atoms with Crippen molar-refractivity contribution in [3.63, 3.8) is 0 Å². The number of hydrogen-bond acceptors (Lipinski definition) is 4. The van der Waals surface area contributed by atoms with Crippen molar-refractivity contribution in [1.29, 1.82) is 0 Å². The number of para-hydroxylation sites is 1. The molecule has 0 radical (unpaired) electrons. The zero-order chi connectivity index (χ0) is 14.5. The second-order valence-corrected chi connectivity index (χ2v) is 5.30. The van der Waals surface area contributed by atoms with E-state index in [4.69, 9.17) is 15.6 Å². The molecule has 1 aliphatic heterocycles. The second-order valence-electron chi connectivity index (χ2n) is 5.30. The highest BCUT2D eigenvalue weighted by Crippen LogP contribution is 2.27. The molecule has 3 N–H and O–H groups in total. The number of carboxylic acid groups (broad SMARTS) is 1. The first kappa shape index (κ1) is 14.7. The van der Waals surface area contributed by atoms with Crippen molar-refractivity contribution in [3.05, 3.63) is 23.8 Å². The zero-order valence-electron chi connectivity index (χ0n) is 11.8. The normalized spacial score (nSPS) is 19.8. The topological polar surface area (TPSA) is 75.8 Å². The molecule has 0 aliphatic carbocycles. The number of ether oxygens (including phenoxy) is 1. The van der Waals surface area contributed by atoms with Crippen LogP contribution in [0.3, 0.4) is 0 Å². The lowest BCUT2D eigenvalue weighted by molar-refractivity contribution is 0.0691. The van der Waals surface area contributed by atoms with E-state index in [1.165, 1.54) is 25.3 Å². The third-order valence-electron chi connectivity index (χ3n) is 3.89. The summed E-state index contributed by atoms with van der Waals surface area (Å²) in [4.78, 5) is 13.5. The Labute approximate surface area is 119 Å². The highest BCUT2D eigenvalue weighted by atomic mass is 16.5. The first-order chi connectivity index (χ1) is 9.59. The summed E-state index contributed by atoms with van der Waals surface area (Å²) in [5, 5.41) is 9.14. The number of nitrogens with two attached hydrogens (primary N) is 1. The molecule has 1 atom stereocenters. The molecule has 1 aliphatic rings. The number of carbonyl (C=O) groups is 1. The van der Waals surface area contributed by atoms with Gasteiger partial charge in [-0.3, -0.25) is 0 Å². The molecular weight excluding hydrogens is 256 g/mol. The van der Waals surface area contributed by atoms with Crippen LogP contribution in [0.2, 0.25) is 0 Å². The number of rotatable bonds is 5. The van der Waals surface area contributed by atoms with E-state index in [0.29, 0.717) is 24.1 Å². The van der Waals surface area contributed by atoms with E-state index in [-0.39, 0.29) is 5.56 Å². The van der Waals surface area contributed by atoms with Gasteiger partial charge in [-0.25, -0.2) is 4.79 Å². The van der Waals surface area contributed by atoms with Gasteiger partial charge in [0.15, 0.2) is 5.75 Å². The molecule has 110 valence electrons. The molecule has 2 rings (SSSR count). The first-order valence-corrected chi connectivity index (χ1v) is 7.04. The Morgan fingerprint density at radius 1 is 1.50 bits per heavy atom. The summed E-state index contributed by atoms with van der Waals surface area (Å²) in [6.45, 7) is 1.61. The van der Waals surface area contributed by atoms with Crippen LogP contribution >= 0.6 is 0 Å². The molecule has 1 saturated heterocycles. The highest BCUT2D eigenvalue weighted by Gasteiger charge is 2.19. The summed E-state index contributed by atoms with van der Waals surface area (Å²) in [6, 6.07) is 5.32. The van der Waals surface area contributed by atoms with Gasteiger partial charge in [0.1, 0.15) is 5.56 Å². The molecule has 5 heteroatoms. The zero-order valence-corrected chi connectivity index (χ0v) is 11.8. The molecule has 1 aromatic carbocycles. The lowest BCUT2D eigenvalue weighted by Gasteiger charge is -2.32. The van der Waals surface area contributed by atoms with Crippen molar-refractivity contribution in [2.45, 2.75) is 31.7 Å². The summed E-state index contributed by atoms with van der Waals surface area (Å²) in [7, 11) is 2.13. The molecular formula is C15H22N2O3. The third kappa shape index (κ3) is 3.42. The van der Waals surface area contributed by atoms with E-state index < -0.39 is 5.97 Å².